The summed E-state index contributed by atoms with van der Waals surface area (Å²) in [6.07, 6.45) is 0. The monoisotopic (exact) mass is 375 g/mol. The fourth-order valence-electron chi connectivity index (χ4n) is 2.52. The van der Waals surface area contributed by atoms with Crippen LogP contribution < -0.4 is 10.7 Å². The summed E-state index contributed by atoms with van der Waals surface area (Å²) in [5, 5.41) is 6.85. The highest BCUT2D eigenvalue weighted by molar-refractivity contribution is 6.06. The van der Waals surface area contributed by atoms with Gasteiger partial charge in [-0.15, -0.1) is 0 Å². The predicted octanol–water partition coefficient (Wildman–Crippen LogP) is 4.23. The van der Waals surface area contributed by atoms with E-state index in [2.05, 4.69) is 15.8 Å². The van der Waals surface area contributed by atoms with Crippen molar-refractivity contribution in [1.29, 1.82) is 0 Å². The fraction of sp³-hybridized carbons (Fsp3) is 0.0455. The first kappa shape index (κ1) is 19.0. The molecule has 0 aliphatic carbocycles. The molecular weight excluding hydrogens is 357 g/mol. The number of benzene rings is 3. The molecule has 0 atom stereocenters. The van der Waals surface area contributed by atoms with Gasteiger partial charge in [0.05, 0.1) is 11.3 Å². The Kier molecular flexibility index (Phi) is 5.91. The summed E-state index contributed by atoms with van der Waals surface area (Å²) >= 11 is 0. The zero-order valence-corrected chi connectivity index (χ0v) is 15.1. The molecular formula is C22H18FN3O2. The summed E-state index contributed by atoms with van der Waals surface area (Å²) in [4.78, 5) is 24.3. The summed E-state index contributed by atoms with van der Waals surface area (Å²) in [7, 11) is 0. The minimum absolute atomic E-state index is 0.0806. The van der Waals surface area contributed by atoms with E-state index in [0.29, 0.717) is 22.5 Å². The number of rotatable bonds is 5. The summed E-state index contributed by atoms with van der Waals surface area (Å²) < 4.78 is 13.7. The third-order valence-electron chi connectivity index (χ3n) is 4.02. The molecule has 3 aromatic rings. The van der Waals surface area contributed by atoms with E-state index in [9.17, 15) is 14.0 Å². The van der Waals surface area contributed by atoms with Crippen LogP contribution in [0.25, 0.3) is 0 Å². The average molecular weight is 375 g/mol. The first-order valence-electron chi connectivity index (χ1n) is 8.60. The van der Waals surface area contributed by atoms with E-state index in [4.69, 9.17) is 0 Å². The van der Waals surface area contributed by atoms with Gasteiger partial charge in [-0.05, 0) is 48.9 Å². The van der Waals surface area contributed by atoms with E-state index >= 15 is 0 Å². The van der Waals surface area contributed by atoms with Gasteiger partial charge in [0.15, 0.2) is 0 Å². The summed E-state index contributed by atoms with van der Waals surface area (Å²) in [5.41, 5.74) is 4.64. The normalized spacial score (nSPS) is 11.0. The van der Waals surface area contributed by atoms with E-state index in [-0.39, 0.29) is 11.5 Å². The Bertz CT molecular complexity index is 1030. The summed E-state index contributed by atoms with van der Waals surface area (Å²) in [6.45, 7) is 1.71. The molecule has 6 heteroatoms. The Balaban J connectivity index is 1.70. The molecule has 0 aliphatic heterocycles. The number of halogens is 1. The minimum Gasteiger partial charge on any atom is -0.322 e. The van der Waals surface area contributed by atoms with Gasteiger partial charge in [-0.1, -0.05) is 42.5 Å². The van der Waals surface area contributed by atoms with Crippen molar-refractivity contribution in [2.45, 2.75) is 6.92 Å². The van der Waals surface area contributed by atoms with Gasteiger partial charge in [-0.3, -0.25) is 9.59 Å². The van der Waals surface area contributed by atoms with Crippen LogP contribution in [0.5, 0.6) is 0 Å². The van der Waals surface area contributed by atoms with Crippen LogP contribution in [0.2, 0.25) is 0 Å². The standard InChI is InChI=1S/C22H18FN3O2/c1-15(25-26-22(28)19-12-5-6-13-20(19)23)17-10-7-11-18(14-17)24-21(27)16-8-3-2-4-9-16/h2-14H,1H3,(H,24,27)(H,26,28). The lowest BCUT2D eigenvalue weighted by molar-refractivity contribution is 0.0950. The van der Waals surface area contributed by atoms with Crippen LogP contribution >= 0.6 is 0 Å². The molecule has 3 rings (SSSR count). The maximum Gasteiger partial charge on any atom is 0.274 e. The second-order valence-corrected chi connectivity index (χ2v) is 6.02. The number of anilines is 1. The fourth-order valence-corrected chi connectivity index (χ4v) is 2.52. The number of carbonyl (C=O) groups is 2. The number of hydrogen-bond donors (Lipinski definition) is 2. The number of nitrogens with one attached hydrogen (secondary N) is 2. The van der Waals surface area contributed by atoms with E-state index in [1.165, 1.54) is 18.2 Å². The largest absolute Gasteiger partial charge is 0.322 e. The summed E-state index contributed by atoms with van der Waals surface area (Å²) in [5.74, 6) is -1.47. The molecule has 3 aromatic carbocycles. The van der Waals surface area contributed by atoms with Crippen molar-refractivity contribution in [1.82, 2.24) is 5.43 Å². The Morgan fingerprint density at radius 3 is 2.25 bits per heavy atom. The average Bonchev–Trinajstić information content (AvgIpc) is 2.73. The molecule has 0 bridgehead atoms. The molecule has 2 N–H and O–H groups in total. The second kappa shape index (κ2) is 8.73. The van der Waals surface area contributed by atoms with Gasteiger partial charge in [0.2, 0.25) is 0 Å². The zero-order valence-electron chi connectivity index (χ0n) is 15.1. The highest BCUT2D eigenvalue weighted by Crippen LogP contribution is 2.13. The maximum atomic E-state index is 13.7. The van der Waals surface area contributed by atoms with Gasteiger partial charge in [0, 0.05) is 11.3 Å². The van der Waals surface area contributed by atoms with Crippen LogP contribution in [0.15, 0.2) is 84.0 Å². The molecule has 0 unspecified atom stereocenters. The van der Waals surface area contributed by atoms with Crippen molar-refractivity contribution in [3.05, 3.63) is 101 Å². The lowest BCUT2D eigenvalue weighted by Crippen LogP contribution is -2.20. The van der Waals surface area contributed by atoms with Gasteiger partial charge in [0.1, 0.15) is 5.82 Å². The molecule has 28 heavy (non-hydrogen) atoms. The Labute approximate surface area is 161 Å². The Morgan fingerprint density at radius 1 is 0.821 bits per heavy atom. The van der Waals surface area contributed by atoms with Crippen LogP contribution in [0.1, 0.15) is 33.2 Å². The molecule has 0 saturated carbocycles. The van der Waals surface area contributed by atoms with Gasteiger partial charge >= 0.3 is 0 Å². The molecule has 5 nitrogen and oxygen atoms in total. The highest BCUT2D eigenvalue weighted by Gasteiger charge is 2.10. The molecule has 0 saturated heterocycles. The van der Waals surface area contributed by atoms with Gasteiger partial charge in [-0.25, -0.2) is 9.82 Å². The number of amides is 2. The van der Waals surface area contributed by atoms with Crippen LogP contribution in [-0.4, -0.2) is 17.5 Å². The molecule has 0 aromatic heterocycles. The molecule has 2 amide bonds. The zero-order chi connectivity index (χ0) is 19.9. The molecule has 0 aliphatic rings. The highest BCUT2D eigenvalue weighted by atomic mass is 19.1. The molecule has 0 fully saturated rings. The lowest BCUT2D eigenvalue weighted by atomic mass is 10.1. The van der Waals surface area contributed by atoms with Crippen molar-refractivity contribution in [2.24, 2.45) is 5.10 Å². The minimum atomic E-state index is -0.633. The van der Waals surface area contributed by atoms with Crippen LogP contribution in [0.3, 0.4) is 0 Å². The Morgan fingerprint density at radius 2 is 1.50 bits per heavy atom. The van der Waals surface area contributed by atoms with Gasteiger partial charge in [0.25, 0.3) is 11.8 Å². The summed E-state index contributed by atoms with van der Waals surface area (Å²) in [6, 6.07) is 21.6. The molecule has 0 heterocycles. The van der Waals surface area contributed by atoms with Crippen molar-refractivity contribution < 1.29 is 14.0 Å². The van der Waals surface area contributed by atoms with Crippen molar-refractivity contribution >= 4 is 23.2 Å². The number of hydrazone groups is 1. The third-order valence-corrected chi connectivity index (χ3v) is 4.02. The first-order chi connectivity index (χ1) is 13.5. The van der Waals surface area contributed by atoms with E-state index in [1.54, 1.807) is 61.5 Å². The van der Waals surface area contributed by atoms with Crippen LogP contribution in [0, 0.1) is 5.82 Å². The van der Waals surface area contributed by atoms with Crippen LogP contribution in [-0.2, 0) is 0 Å². The van der Waals surface area contributed by atoms with E-state index in [1.807, 2.05) is 6.07 Å². The number of hydrogen-bond acceptors (Lipinski definition) is 3. The predicted molar refractivity (Wildman–Crippen MR) is 107 cm³/mol. The Hall–Kier alpha value is -3.80. The maximum absolute atomic E-state index is 13.7. The van der Waals surface area contributed by atoms with Crippen molar-refractivity contribution in [3.63, 3.8) is 0 Å². The first-order valence-corrected chi connectivity index (χ1v) is 8.60. The lowest BCUT2D eigenvalue weighted by Gasteiger charge is -2.08. The van der Waals surface area contributed by atoms with E-state index in [0.717, 1.165) is 0 Å². The van der Waals surface area contributed by atoms with Gasteiger partial charge < -0.3 is 5.32 Å². The van der Waals surface area contributed by atoms with E-state index < -0.39 is 11.7 Å². The quantitative estimate of drug-likeness (QED) is 0.517. The SMILES string of the molecule is CC(=NNC(=O)c1ccccc1F)c1cccc(NC(=O)c2ccccc2)c1. The molecule has 140 valence electrons. The second-order valence-electron chi connectivity index (χ2n) is 6.02. The molecule has 0 spiro atoms. The van der Waals surface area contributed by atoms with Crippen molar-refractivity contribution in [3.8, 4) is 0 Å². The third kappa shape index (κ3) is 4.67. The smallest absolute Gasteiger partial charge is 0.274 e. The number of carbonyl (C=O) groups excluding carboxylic acids is 2. The van der Waals surface area contributed by atoms with Gasteiger partial charge in [-0.2, -0.15) is 5.10 Å². The molecule has 0 radical (unpaired) electrons. The van der Waals surface area contributed by atoms with Crippen molar-refractivity contribution in [2.75, 3.05) is 5.32 Å². The number of nitrogens with zero attached hydrogens (tertiary/aromatic N) is 1. The van der Waals surface area contributed by atoms with Crippen LogP contribution in [0.4, 0.5) is 10.1 Å². The topological polar surface area (TPSA) is 70.6 Å².